The van der Waals surface area contributed by atoms with Crippen LogP contribution in [0.2, 0.25) is 0 Å². The van der Waals surface area contributed by atoms with Crippen LogP contribution < -0.4 is 5.32 Å². The molecule has 2 aromatic heterocycles. The summed E-state index contributed by atoms with van der Waals surface area (Å²) in [6, 6.07) is 5.45. The average molecular weight is 326 g/mol. The van der Waals surface area contributed by atoms with Crippen molar-refractivity contribution in [3.8, 4) is 0 Å². The molecule has 0 amide bonds. The van der Waals surface area contributed by atoms with Gasteiger partial charge in [0.2, 0.25) is 0 Å². The average Bonchev–Trinajstić information content (AvgIpc) is 2.86. The Morgan fingerprint density at radius 2 is 2.24 bits per heavy atom. The van der Waals surface area contributed by atoms with Gasteiger partial charge in [-0.2, -0.15) is 16.1 Å². The maximum atomic E-state index is 13.1. The van der Waals surface area contributed by atoms with Gasteiger partial charge in [-0.1, -0.05) is 6.07 Å². The van der Waals surface area contributed by atoms with Gasteiger partial charge in [0.25, 0.3) is 10.0 Å². The minimum Gasteiger partial charge on any atom is -0.371 e. The van der Waals surface area contributed by atoms with Crippen molar-refractivity contribution in [3.63, 3.8) is 0 Å². The van der Waals surface area contributed by atoms with Crippen molar-refractivity contribution >= 4 is 33.3 Å². The number of hydrogen-bond donors (Lipinski definition) is 1. The Morgan fingerprint density at radius 3 is 2.95 bits per heavy atom. The molecular formula is C13H18N4O2S2. The van der Waals surface area contributed by atoms with Crippen LogP contribution in [-0.4, -0.2) is 53.2 Å². The lowest BCUT2D eigenvalue weighted by Gasteiger charge is -2.31. The molecule has 21 heavy (non-hydrogen) atoms. The maximum absolute atomic E-state index is 13.1. The summed E-state index contributed by atoms with van der Waals surface area (Å²) in [6.07, 6.45) is 1.74. The second kappa shape index (κ2) is 5.51. The van der Waals surface area contributed by atoms with Gasteiger partial charge in [0.15, 0.2) is 10.8 Å². The van der Waals surface area contributed by atoms with Crippen molar-refractivity contribution in [2.24, 2.45) is 0 Å². The fourth-order valence-electron chi connectivity index (χ4n) is 2.56. The second-order valence-corrected chi connectivity index (χ2v) is 7.94. The number of anilines is 1. The van der Waals surface area contributed by atoms with E-state index in [0.717, 1.165) is 11.5 Å². The number of rotatable bonds is 3. The molecule has 1 aliphatic rings. The Morgan fingerprint density at radius 1 is 1.43 bits per heavy atom. The van der Waals surface area contributed by atoms with E-state index in [1.165, 1.54) is 0 Å². The van der Waals surface area contributed by atoms with Gasteiger partial charge >= 0.3 is 0 Å². The van der Waals surface area contributed by atoms with E-state index in [2.05, 4.69) is 10.3 Å². The van der Waals surface area contributed by atoms with Crippen LogP contribution in [0, 0.1) is 0 Å². The number of thioether (sulfide) groups is 1. The van der Waals surface area contributed by atoms with Gasteiger partial charge in [0.1, 0.15) is 5.65 Å². The normalized spacial score (nSPS) is 20.8. The largest absolute Gasteiger partial charge is 0.371 e. The van der Waals surface area contributed by atoms with Gasteiger partial charge in [-0.25, -0.2) is 13.4 Å². The third kappa shape index (κ3) is 2.41. The highest BCUT2D eigenvalue weighted by atomic mass is 32.2. The molecule has 3 heterocycles. The van der Waals surface area contributed by atoms with Crippen molar-refractivity contribution in [2.75, 3.05) is 30.4 Å². The Kier molecular flexibility index (Phi) is 3.85. The first-order valence-electron chi connectivity index (χ1n) is 6.80. The van der Waals surface area contributed by atoms with E-state index in [4.69, 9.17) is 0 Å². The lowest BCUT2D eigenvalue weighted by molar-refractivity contribution is 0.366. The van der Waals surface area contributed by atoms with Gasteiger partial charge in [-0.3, -0.25) is 4.40 Å². The van der Waals surface area contributed by atoms with Crippen molar-refractivity contribution in [1.29, 1.82) is 0 Å². The highest BCUT2D eigenvalue weighted by Gasteiger charge is 2.35. The molecule has 0 aromatic carbocycles. The summed E-state index contributed by atoms with van der Waals surface area (Å²) in [7, 11) is -1.89. The van der Waals surface area contributed by atoms with Crippen LogP contribution in [0.4, 0.5) is 5.82 Å². The van der Waals surface area contributed by atoms with Crippen molar-refractivity contribution in [1.82, 2.24) is 13.7 Å². The fraction of sp³-hybridized carbons (Fsp3) is 0.462. The highest BCUT2D eigenvalue weighted by molar-refractivity contribution is 7.99. The van der Waals surface area contributed by atoms with E-state index in [-0.39, 0.29) is 11.1 Å². The fourth-order valence-corrected chi connectivity index (χ4v) is 5.68. The van der Waals surface area contributed by atoms with E-state index in [1.807, 2.05) is 19.1 Å². The molecule has 2 aromatic rings. The molecule has 1 unspecified atom stereocenters. The number of hydrogen-bond acceptors (Lipinski definition) is 5. The monoisotopic (exact) mass is 326 g/mol. The third-order valence-electron chi connectivity index (χ3n) is 3.58. The lowest BCUT2D eigenvalue weighted by Crippen LogP contribution is -2.44. The van der Waals surface area contributed by atoms with Gasteiger partial charge in [-0.15, -0.1) is 0 Å². The van der Waals surface area contributed by atoms with Gasteiger partial charge in [-0.05, 0) is 19.1 Å². The molecule has 0 aliphatic carbocycles. The molecule has 1 fully saturated rings. The first-order chi connectivity index (χ1) is 10.1. The molecule has 0 bridgehead atoms. The summed E-state index contributed by atoms with van der Waals surface area (Å²) in [6.45, 7) is 2.49. The Balaban J connectivity index is 2.18. The van der Waals surface area contributed by atoms with E-state index in [0.29, 0.717) is 18.0 Å². The Hall–Kier alpha value is -1.25. The van der Waals surface area contributed by atoms with E-state index in [1.54, 1.807) is 39.8 Å². The molecule has 6 nitrogen and oxygen atoms in total. The van der Waals surface area contributed by atoms with Crippen LogP contribution in [0.5, 0.6) is 0 Å². The molecule has 1 aliphatic heterocycles. The Bertz CT molecular complexity index is 757. The summed E-state index contributed by atoms with van der Waals surface area (Å²) < 4.78 is 29.4. The van der Waals surface area contributed by atoms with E-state index < -0.39 is 10.0 Å². The summed E-state index contributed by atoms with van der Waals surface area (Å²) >= 11 is 1.79. The van der Waals surface area contributed by atoms with Gasteiger partial charge in [0, 0.05) is 37.3 Å². The maximum Gasteiger partial charge on any atom is 0.263 e. The number of sulfonamides is 1. The molecule has 114 valence electrons. The third-order valence-corrected chi connectivity index (χ3v) is 6.81. The molecule has 0 saturated carbocycles. The van der Waals surface area contributed by atoms with Crippen molar-refractivity contribution in [2.45, 2.75) is 18.0 Å². The molecule has 1 atom stereocenters. The number of aromatic nitrogens is 2. The number of nitrogens with one attached hydrogen (secondary N) is 1. The zero-order chi connectivity index (χ0) is 15.0. The summed E-state index contributed by atoms with van der Waals surface area (Å²) in [4.78, 5) is 4.36. The number of nitrogens with zero attached hydrogens (tertiary/aromatic N) is 3. The number of imidazole rings is 1. The quantitative estimate of drug-likeness (QED) is 0.926. The molecule has 3 rings (SSSR count). The molecule has 8 heteroatoms. The lowest BCUT2D eigenvalue weighted by atomic mass is 10.4. The molecule has 0 radical (unpaired) electrons. The van der Waals surface area contributed by atoms with Crippen molar-refractivity contribution < 1.29 is 8.42 Å². The van der Waals surface area contributed by atoms with Crippen LogP contribution >= 0.6 is 11.8 Å². The minimum absolute atomic E-state index is 0.00674. The smallest absolute Gasteiger partial charge is 0.263 e. The Labute approximate surface area is 128 Å². The standard InChI is InChI=1S/C13H18N4O2S2/c1-10-9-20-8-7-17(10)21(18,19)13-12(14-2)15-11-5-3-4-6-16(11)13/h3-6,10,14H,7-9H2,1-2H3. The van der Waals surface area contributed by atoms with Crippen LogP contribution in [0.3, 0.4) is 0 Å². The summed E-state index contributed by atoms with van der Waals surface area (Å²) in [5.74, 6) is 2.05. The highest BCUT2D eigenvalue weighted by Crippen LogP contribution is 2.29. The van der Waals surface area contributed by atoms with Crippen LogP contribution in [-0.2, 0) is 10.0 Å². The predicted octanol–water partition coefficient (Wildman–Crippen LogP) is 1.50. The second-order valence-electron chi connectivity index (χ2n) is 4.98. The van der Waals surface area contributed by atoms with E-state index >= 15 is 0 Å². The van der Waals surface area contributed by atoms with Crippen LogP contribution in [0.25, 0.3) is 5.65 Å². The first kappa shape index (κ1) is 14.7. The predicted molar refractivity (Wildman–Crippen MR) is 85.4 cm³/mol. The van der Waals surface area contributed by atoms with Crippen LogP contribution in [0.15, 0.2) is 29.4 Å². The minimum atomic E-state index is -3.58. The molecular weight excluding hydrogens is 308 g/mol. The molecule has 1 N–H and O–H groups in total. The summed E-state index contributed by atoms with van der Waals surface area (Å²) in [5, 5.41) is 3.12. The zero-order valence-electron chi connectivity index (χ0n) is 12.0. The summed E-state index contributed by atoms with van der Waals surface area (Å²) in [5.41, 5.74) is 0.625. The van der Waals surface area contributed by atoms with Crippen LogP contribution in [0.1, 0.15) is 6.92 Å². The topological polar surface area (TPSA) is 66.7 Å². The van der Waals surface area contributed by atoms with Crippen molar-refractivity contribution in [3.05, 3.63) is 24.4 Å². The molecule has 0 spiro atoms. The van der Waals surface area contributed by atoms with E-state index in [9.17, 15) is 8.42 Å². The SMILES string of the molecule is CNc1nc2ccccn2c1S(=O)(=O)N1CCSCC1C. The number of fused-ring (bicyclic) bond motifs is 1. The van der Waals surface area contributed by atoms with Gasteiger partial charge < -0.3 is 5.32 Å². The first-order valence-corrected chi connectivity index (χ1v) is 9.39. The zero-order valence-corrected chi connectivity index (χ0v) is 13.6. The number of pyridine rings is 1. The molecule has 1 saturated heterocycles. The van der Waals surface area contributed by atoms with Gasteiger partial charge in [0.05, 0.1) is 0 Å².